The van der Waals surface area contributed by atoms with Crippen LogP contribution < -0.4 is 5.32 Å². The van der Waals surface area contributed by atoms with Crippen molar-refractivity contribution in [1.29, 1.82) is 0 Å². The van der Waals surface area contributed by atoms with Gasteiger partial charge in [0.1, 0.15) is 0 Å². The van der Waals surface area contributed by atoms with E-state index in [1.807, 2.05) is 25.1 Å². The highest BCUT2D eigenvalue weighted by molar-refractivity contribution is 14.1. The van der Waals surface area contributed by atoms with Crippen LogP contribution in [0.4, 0.5) is 0 Å². The molecule has 1 unspecified atom stereocenters. The Hall–Kier alpha value is -0.140. The van der Waals surface area contributed by atoms with E-state index in [0.717, 1.165) is 8.04 Å². The van der Waals surface area contributed by atoms with E-state index in [-0.39, 0.29) is 5.91 Å². The second-order valence-corrected chi connectivity index (χ2v) is 5.99. The number of rotatable bonds is 5. The maximum atomic E-state index is 11.9. The quantitative estimate of drug-likeness (QED) is 0.756. The number of carbonyl (C=O) groups excluding carboxylic acids is 1. The van der Waals surface area contributed by atoms with E-state index in [4.69, 9.17) is 4.74 Å². The highest BCUT2D eigenvalue weighted by atomic mass is 127. The summed E-state index contributed by atoms with van der Waals surface area (Å²) in [5.41, 5.74) is 0.668. The summed E-state index contributed by atoms with van der Waals surface area (Å²) >= 11 is 5.57. The molecule has 0 bridgehead atoms. The van der Waals surface area contributed by atoms with Gasteiger partial charge < -0.3 is 10.1 Å². The van der Waals surface area contributed by atoms with Crippen molar-refractivity contribution >= 4 is 44.4 Å². The van der Waals surface area contributed by atoms with Crippen molar-refractivity contribution in [3.05, 3.63) is 31.8 Å². The minimum absolute atomic E-state index is 0.0571. The zero-order valence-electron chi connectivity index (χ0n) is 9.80. The van der Waals surface area contributed by atoms with Crippen LogP contribution in [0.1, 0.15) is 17.3 Å². The van der Waals surface area contributed by atoms with Gasteiger partial charge in [0.2, 0.25) is 0 Å². The Morgan fingerprint density at radius 3 is 2.94 bits per heavy atom. The van der Waals surface area contributed by atoms with Crippen molar-refractivity contribution < 1.29 is 9.53 Å². The Bertz CT molecular complexity index is 398. The van der Waals surface area contributed by atoms with E-state index < -0.39 is 0 Å². The molecule has 17 heavy (non-hydrogen) atoms. The smallest absolute Gasteiger partial charge is 0.252 e. The van der Waals surface area contributed by atoms with Crippen LogP contribution in [0.5, 0.6) is 0 Å². The second kappa shape index (κ2) is 7.33. The molecule has 1 aromatic rings. The van der Waals surface area contributed by atoms with Crippen LogP contribution in [-0.4, -0.2) is 26.2 Å². The SMILES string of the molecule is COCC(C)CNC(=O)c1cc(I)ccc1Br. The molecule has 0 fully saturated rings. The van der Waals surface area contributed by atoms with Crippen LogP contribution in [0, 0.1) is 9.49 Å². The largest absolute Gasteiger partial charge is 0.384 e. The van der Waals surface area contributed by atoms with Crippen molar-refractivity contribution in [3.63, 3.8) is 0 Å². The minimum Gasteiger partial charge on any atom is -0.384 e. The average molecular weight is 412 g/mol. The van der Waals surface area contributed by atoms with Crippen LogP contribution in [0.15, 0.2) is 22.7 Å². The Morgan fingerprint density at radius 2 is 2.29 bits per heavy atom. The predicted molar refractivity (Wildman–Crippen MR) is 80.2 cm³/mol. The average Bonchev–Trinajstić information content (AvgIpc) is 2.29. The van der Waals surface area contributed by atoms with Gasteiger partial charge in [0.25, 0.3) is 5.91 Å². The number of methoxy groups -OCH3 is 1. The molecule has 0 spiro atoms. The van der Waals surface area contributed by atoms with E-state index in [2.05, 4.69) is 43.8 Å². The Balaban J connectivity index is 2.61. The summed E-state index contributed by atoms with van der Waals surface area (Å²) in [4.78, 5) is 11.9. The highest BCUT2D eigenvalue weighted by Gasteiger charge is 2.11. The van der Waals surface area contributed by atoms with Crippen LogP contribution >= 0.6 is 38.5 Å². The summed E-state index contributed by atoms with van der Waals surface area (Å²) in [6, 6.07) is 5.70. The minimum atomic E-state index is -0.0571. The lowest BCUT2D eigenvalue weighted by atomic mass is 10.1. The maximum Gasteiger partial charge on any atom is 0.252 e. The van der Waals surface area contributed by atoms with Gasteiger partial charge in [-0.15, -0.1) is 0 Å². The van der Waals surface area contributed by atoms with Gasteiger partial charge >= 0.3 is 0 Å². The summed E-state index contributed by atoms with van der Waals surface area (Å²) in [6.45, 7) is 3.30. The van der Waals surface area contributed by atoms with Crippen molar-refractivity contribution in [2.45, 2.75) is 6.92 Å². The fourth-order valence-electron chi connectivity index (χ4n) is 1.38. The van der Waals surface area contributed by atoms with Crippen LogP contribution in [0.25, 0.3) is 0 Å². The molecule has 3 nitrogen and oxygen atoms in total. The third-order valence-corrected chi connectivity index (χ3v) is 3.60. The molecule has 1 N–H and O–H groups in total. The summed E-state index contributed by atoms with van der Waals surface area (Å²) in [7, 11) is 1.66. The molecule has 1 rings (SSSR count). The number of hydrogen-bond acceptors (Lipinski definition) is 2. The van der Waals surface area contributed by atoms with E-state index in [1.54, 1.807) is 7.11 Å². The van der Waals surface area contributed by atoms with Crippen LogP contribution in [-0.2, 0) is 4.74 Å². The number of carbonyl (C=O) groups is 1. The van der Waals surface area contributed by atoms with Crippen molar-refractivity contribution in [2.24, 2.45) is 5.92 Å². The fourth-order valence-corrected chi connectivity index (χ4v) is 2.29. The molecule has 94 valence electrons. The molecule has 0 aliphatic rings. The molecule has 1 atom stereocenters. The predicted octanol–water partition coefficient (Wildman–Crippen LogP) is 3.07. The molecule has 0 aromatic heterocycles. The molecular formula is C12H15BrINO2. The van der Waals surface area contributed by atoms with Crippen molar-refractivity contribution in [1.82, 2.24) is 5.32 Å². The molecule has 0 aliphatic heterocycles. The van der Waals surface area contributed by atoms with Crippen LogP contribution in [0.3, 0.4) is 0 Å². The molecule has 0 saturated heterocycles. The lowest BCUT2D eigenvalue weighted by molar-refractivity contribution is 0.0933. The summed E-state index contributed by atoms with van der Waals surface area (Å²) in [5.74, 6) is 0.254. The zero-order chi connectivity index (χ0) is 12.8. The lowest BCUT2D eigenvalue weighted by Gasteiger charge is -2.12. The number of nitrogens with one attached hydrogen (secondary N) is 1. The Labute approximate surface area is 124 Å². The molecule has 0 aliphatic carbocycles. The molecule has 1 amide bonds. The topological polar surface area (TPSA) is 38.3 Å². The zero-order valence-corrected chi connectivity index (χ0v) is 13.5. The van der Waals surface area contributed by atoms with E-state index in [9.17, 15) is 4.79 Å². The molecule has 0 heterocycles. The first-order chi connectivity index (χ1) is 8.04. The highest BCUT2D eigenvalue weighted by Crippen LogP contribution is 2.19. The van der Waals surface area contributed by atoms with E-state index >= 15 is 0 Å². The van der Waals surface area contributed by atoms with Gasteiger partial charge in [0.05, 0.1) is 12.2 Å². The lowest BCUT2D eigenvalue weighted by Crippen LogP contribution is -2.30. The Kier molecular flexibility index (Phi) is 6.43. The molecule has 0 saturated carbocycles. The van der Waals surface area contributed by atoms with Crippen molar-refractivity contribution in [3.8, 4) is 0 Å². The summed E-state index contributed by atoms with van der Waals surface area (Å²) < 4.78 is 6.88. The first-order valence-corrected chi connectivity index (χ1v) is 7.14. The van der Waals surface area contributed by atoms with Gasteiger partial charge in [-0.1, -0.05) is 6.92 Å². The van der Waals surface area contributed by atoms with Gasteiger partial charge in [0.15, 0.2) is 0 Å². The second-order valence-electron chi connectivity index (χ2n) is 3.89. The first-order valence-electron chi connectivity index (χ1n) is 5.26. The summed E-state index contributed by atoms with van der Waals surface area (Å²) in [5, 5.41) is 2.90. The number of amides is 1. The van der Waals surface area contributed by atoms with Gasteiger partial charge in [-0.3, -0.25) is 4.79 Å². The summed E-state index contributed by atoms with van der Waals surface area (Å²) in [6.07, 6.45) is 0. The molecule has 5 heteroatoms. The molecule has 1 aromatic carbocycles. The fraction of sp³-hybridized carbons (Fsp3) is 0.417. The standard InChI is InChI=1S/C12H15BrINO2/c1-8(7-17-2)6-15-12(16)10-5-9(14)3-4-11(10)13/h3-5,8H,6-7H2,1-2H3,(H,15,16). The van der Waals surface area contributed by atoms with E-state index in [1.165, 1.54) is 0 Å². The van der Waals surface area contributed by atoms with Gasteiger partial charge in [-0.2, -0.15) is 0 Å². The van der Waals surface area contributed by atoms with Gasteiger partial charge in [-0.05, 0) is 62.6 Å². The first kappa shape index (κ1) is 14.9. The molecular weight excluding hydrogens is 397 g/mol. The van der Waals surface area contributed by atoms with Crippen LogP contribution in [0.2, 0.25) is 0 Å². The number of benzene rings is 1. The maximum absolute atomic E-state index is 11.9. The van der Waals surface area contributed by atoms with E-state index in [0.29, 0.717) is 24.6 Å². The monoisotopic (exact) mass is 411 g/mol. The third kappa shape index (κ3) is 4.93. The van der Waals surface area contributed by atoms with Crippen molar-refractivity contribution in [2.75, 3.05) is 20.3 Å². The number of ether oxygens (including phenoxy) is 1. The van der Waals surface area contributed by atoms with Gasteiger partial charge in [0, 0.05) is 21.7 Å². The van der Waals surface area contributed by atoms with Gasteiger partial charge in [-0.25, -0.2) is 0 Å². The Morgan fingerprint density at radius 1 is 1.59 bits per heavy atom. The third-order valence-electron chi connectivity index (χ3n) is 2.24. The molecule has 0 radical (unpaired) electrons. The normalized spacial score (nSPS) is 12.2. The number of hydrogen-bond donors (Lipinski definition) is 1. The number of halogens is 2.